The van der Waals surface area contributed by atoms with Crippen molar-refractivity contribution in [2.75, 3.05) is 31.1 Å². The van der Waals surface area contributed by atoms with Crippen LogP contribution < -0.4 is 10.2 Å². The Balaban J connectivity index is 2.11. The van der Waals surface area contributed by atoms with Crippen LogP contribution in [-0.2, 0) is 0 Å². The zero-order valence-corrected chi connectivity index (χ0v) is 12.1. The van der Waals surface area contributed by atoms with Gasteiger partial charge in [0.2, 0.25) is 0 Å². The van der Waals surface area contributed by atoms with Gasteiger partial charge in [0.05, 0.1) is 0 Å². The van der Waals surface area contributed by atoms with Crippen LogP contribution in [0.5, 0.6) is 0 Å². The highest BCUT2D eigenvalue weighted by atomic mass is 16.3. The van der Waals surface area contributed by atoms with E-state index in [1.807, 2.05) is 0 Å². The van der Waals surface area contributed by atoms with Crippen molar-refractivity contribution in [2.45, 2.75) is 32.7 Å². The SMILES string of the molecule is CCNC(C)c1ccccc1N1CCC(CO)CC1. The largest absolute Gasteiger partial charge is 0.396 e. The Kier molecular flexibility index (Phi) is 5.23. The normalized spacial score (nSPS) is 18.6. The first-order chi connectivity index (χ1) is 9.26. The predicted molar refractivity (Wildman–Crippen MR) is 80.6 cm³/mol. The molecule has 19 heavy (non-hydrogen) atoms. The average Bonchev–Trinajstić information content (AvgIpc) is 2.47. The fourth-order valence-corrected chi connectivity index (χ4v) is 2.91. The van der Waals surface area contributed by atoms with Gasteiger partial charge in [-0.25, -0.2) is 0 Å². The average molecular weight is 262 g/mol. The monoisotopic (exact) mass is 262 g/mol. The molecule has 1 atom stereocenters. The summed E-state index contributed by atoms with van der Waals surface area (Å²) in [7, 11) is 0. The summed E-state index contributed by atoms with van der Waals surface area (Å²) in [5, 5.41) is 12.7. The van der Waals surface area contributed by atoms with Gasteiger partial charge in [-0.15, -0.1) is 0 Å². The Labute approximate surface area is 116 Å². The highest BCUT2D eigenvalue weighted by Crippen LogP contribution is 2.29. The van der Waals surface area contributed by atoms with Gasteiger partial charge in [-0.2, -0.15) is 0 Å². The van der Waals surface area contributed by atoms with Crippen LogP contribution in [0.3, 0.4) is 0 Å². The lowest BCUT2D eigenvalue weighted by molar-refractivity contribution is 0.203. The zero-order chi connectivity index (χ0) is 13.7. The molecular formula is C16H26N2O. The van der Waals surface area contributed by atoms with Crippen molar-refractivity contribution in [1.29, 1.82) is 0 Å². The van der Waals surface area contributed by atoms with Crippen LogP contribution in [0.1, 0.15) is 38.3 Å². The van der Waals surface area contributed by atoms with Crippen LogP contribution in [0, 0.1) is 5.92 Å². The van der Waals surface area contributed by atoms with Gasteiger partial charge in [0.15, 0.2) is 0 Å². The number of piperidine rings is 1. The summed E-state index contributed by atoms with van der Waals surface area (Å²) >= 11 is 0. The summed E-state index contributed by atoms with van der Waals surface area (Å²) in [6.07, 6.45) is 2.20. The third-order valence-corrected chi connectivity index (χ3v) is 4.13. The first-order valence-corrected chi connectivity index (χ1v) is 7.44. The molecule has 0 radical (unpaired) electrons. The van der Waals surface area contributed by atoms with Crippen LogP contribution in [0.25, 0.3) is 0 Å². The first-order valence-electron chi connectivity index (χ1n) is 7.44. The molecule has 1 aliphatic rings. The Morgan fingerprint density at radius 3 is 2.63 bits per heavy atom. The molecule has 0 saturated carbocycles. The molecule has 106 valence electrons. The molecule has 3 heteroatoms. The lowest BCUT2D eigenvalue weighted by Gasteiger charge is -2.35. The quantitative estimate of drug-likeness (QED) is 0.856. The lowest BCUT2D eigenvalue weighted by Crippen LogP contribution is -2.36. The highest BCUT2D eigenvalue weighted by Gasteiger charge is 2.21. The minimum absolute atomic E-state index is 0.337. The van der Waals surface area contributed by atoms with Gasteiger partial charge in [-0.05, 0) is 43.9 Å². The van der Waals surface area contributed by atoms with Crippen LogP contribution in [0.4, 0.5) is 5.69 Å². The molecule has 0 bridgehead atoms. The van der Waals surface area contributed by atoms with Gasteiger partial charge in [0.25, 0.3) is 0 Å². The molecule has 1 aliphatic heterocycles. The fourth-order valence-electron chi connectivity index (χ4n) is 2.91. The number of aliphatic hydroxyl groups is 1. The molecule has 1 aromatic carbocycles. The second kappa shape index (κ2) is 6.92. The van der Waals surface area contributed by atoms with Crippen LogP contribution in [0.15, 0.2) is 24.3 Å². The van der Waals surface area contributed by atoms with Gasteiger partial charge >= 0.3 is 0 Å². The Bertz CT molecular complexity index is 386. The van der Waals surface area contributed by atoms with E-state index < -0.39 is 0 Å². The smallest absolute Gasteiger partial charge is 0.0460 e. The van der Waals surface area contributed by atoms with Gasteiger partial charge < -0.3 is 15.3 Å². The summed E-state index contributed by atoms with van der Waals surface area (Å²) in [4.78, 5) is 2.47. The van der Waals surface area contributed by atoms with E-state index in [4.69, 9.17) is 0 Å². The van der Waals surface area contributed by atoms with E-state index >= 15 is 0 Å². The summed E-state index contributed by atoms with van der Waals surface area (Å²) in [5.41, 5.74) is 2.74. The molecule has 0 aromatic heterocycles. The summed E-state index contributed by atoms with van der Waals surface area (Å²) < 4.78 is 0. The number of nitrogens with one attached hydrogen (secondary N) is 1. The van der Waals surface area contributed by atoms with E-state index in [1.54, 1.807) is 0 Å². The molecule has 2 N–H and O–H groups in total. The van der Waals surface area contributed by atoms with E-state index in [0.29, 0.717) is 18.6 Å². The number of rotatable bonds is 5. The topological polar surface area (TPSA) is 35.5 Å². The van der Waals surface area contributed by atoms with Crippen LogP contribution in [-0.4, -0.2) is 31.3 Å². The minimum Gasteiger partial charge on any atom is -0.396 e. The maximum atomic E-state index is 9.23. The molecule has 0 spiro atoms. The Morgan fingerprint density at radius 2 is 2.00 bits per heavy atom. The maximum Gasteiger partial charge on any atom is 0.0460 e. The zero-order valence-electron chi connectivity index (χ0n) is 12.1. The second-order valence-corrected chi connectivity index (χ2v) is 5.45. The number of hydrogen-bond acceptors (Lipinski definition) is 3. The number of benzene rings is 1. The van der Waals surface area contributed by atoms with Gasteiger partial charge in [-0.1, -0.05) is 25.1 Å². The van der Waals surface area contributed by atoms with Crippen molar-refractivity contribution in [1.82, 2.24) is 5.32 Å². The molecule has 1 aromatic rings. The Morgan fingerprint density at radius 1 is 1.32 bits per heavy atom. The third-order valence-electron chi connectivity index (χ3n) is 4.13. The van der Waals surface area contributed by atoms with Crippen molar-refractivity contribution in [3.63, 3.8) is 0 Å². The number of anilines is 1. The molecular weight excluding hydrogens is 236 g/mol. The van der Waals surface area contributed by atoms with E-state index in [1.165, 1.54) is 11.3 Å². The van der Waals surface area contributed by atoms with Crippen molar-refractivity contribution >= 4 is 5.69 Å². The lowest BCUT2D eigenvalue weighted by atomic mass is 9.96. The number of aliphatic hydroxyl groups excluding tert-OH is 1. The molecule has 1 saturated heterocycles. The van der Waals surface area contributed by atoms with Crippen molar-refractivity contribution in [3.8, 4) is 0 Å². The van der Waals surface area contributed by atoms with Gasteiger partial charge in [0, 0.05) is 31.4 Å². The highest BCUT2D eigenvalue weighted by molar-refractivity contribution is 5.55. The molecule has 1 unspecified atom stereocenters. The molecule has 0 aliphatic carbocycles. The van der Waals surface area contributed by atoms with E-state index in [9.17, 15) is 5.11 Å². The minimum atomic E-state index is 0.337. The molecule has 2 rings (SSSR count). The standard InChI is InChI=1S/C16H26N2O/c1-3-17-13(2)15-6-4-5-7-16(15)18-10-8-14(12-19)9-11-18/h4-7,13-14,17,19H,3,8-12H2,1-2H3. The number of hydrogen-bond donors (Lipinski definition) is 2. The second-order valence-electron chi connectivity index (χ2n) is 5.45. The summed E-state index contributed by atoms with van der Waals surface area (Å²) in [6, 6.07) is 9.07. The van der Waals surface area contributed by atoms with Crippen molar-refractivity contribution < 1.29 is 5.11 Å². The third kappa shape index (κ3) is 3.48. The van der Waals surface area contributed by atoms with Crippen molar-refractivity contribution in [2.24, 2.45) is 5.92 Å². The van der Waals surface area contributed by atoms with E-state index in [2.05, 4.69) is 48.3 Å². The summed E-state index contributed by atoms with van der Waals surface area (Å²) in [6.45, 7) is 7.81. The first kappa shape index (κ1) is 14.4. The van der Waals surface area contributed by atoms with Crippen molar-refractivity contribution in [3.05, 3.63) is 29.8 Å². The summed E-state index contributed by atoms with van der Waals surface area (Å²) in [5.74, 6) is 0.495. The fraction of sp³-hybridized carbons (Fsp3) is 0.625. The van der Waals surface area contributed by atoms with E-state index in [-0.39, 0.29) is 0 Å². The van der Waals surface area contributed by atoms with Gasteiger partial charge in [-0.3, -0.25) is 0 Å². The number of nitrogens with zero attached hydrogens (tertiary/aromatic N) is 1. The maximum absolute atomic E-state index is 9.23. The van der Waals surface area contributed by atoms with Gasteiger partial charge in [0.1, 0.15) is 0 Å². The van der Waals surface area contributed by atoms with Crippen LogP contribution >= 0.6 is 0 Å². The molecule has 3 nitrogen and oxygen atoms in total. The Hall–Kier alpha value is -1.06. The predicted octanol–water partition coefficient (Wildman–Crippen LogP) is 2.57. The molecule has 1 fully saturated rings. The molecule has 0 amide bonds. The van der Waals surface area contributed by atoms with E-state index in [0.717, 1.165) is 32.5 Å². The molecule has 1 heterocycles. The van der Waals surface area contributed by atoms with Crippen LogP contribution in [0.2, 0.25) is 0 Å². The number of para-hydroxylation sites is 1.